The molecule has 0 aliphatic rings. The van der Waals surface area contributed by atoms with Crippen molar-refractivity contribution in [2.75, 3.05) is 5.32 Å². The number of benzene rings is 2. The van der Waals surface area contributed by atoms with E-state index in [-0.39, 0.29) is 5.91 Å². The lowest BCUT2D eigenvalue weighted by molar-refractivity contribution is -0.120. The molecule has 2 aromatic carbocycles. The molecule has 1 amide bonds. The van der Waals surface area contributed by atoms with Gasteiger partial charge < -0.3 is 5.32 Å². The lowest BCUT2D eigenvalue weighted by Gasteiger charge is -2.24. The number of hydrogen-bond acceptors (Lipinski definition) is 2. The summed E-state index contributed by atoms with van der Waals surface area (Å²) in [4.78, 5) is 12.9. The van der Waals surface area contributed by atoms with Crippen LogP contribution < -0.4 is 5.32 Å². The molecule has 0 atom stereocenters. The van der Waals surface area contributed by atoms with E-state index in [4.69, 9.17) is 0 Å². The number of amides is 1. The number of nitrogens with one attached hydrogen (secondary N) is 1. The molecule has 1 N–H and O–H groups in total. The normalized spacial score (nSPS) is 11.4. The zero-order valence-electron chi connectivity index (χ0n) is 14.5. The van der Waals surface area contributed by atoms with Crippen molar-refractivity contribution in [1.82, 2.24) is 9.78 Å². The average molecular weight is 398 g/mol. The van der Waals surface area contributed by atoms with Gasteiger partial charge in [-0.1, -0.05) is 46.3 Å². The van der Waals surface area contributed by atoms with Crippen LogP contribution >= 0.6 is 15.9 Å². The Bertz CT molecular complexity index is 900. The maximum atomic E-state index is 12.9. The van der Waals surface area contributed by atoms with Crippen LogP contribution in [-0.4, -0.2) is 15.7 Å². The molecule has 0 spiro atoms. The molecule has 0 unspecified atom stereocenters. The van der Waals surface area contributed by atoms with Crippen LogP contribution in [0.25, 0.3) is 5.69 Å². The quantitative estimate of drug-likeness (QED) is 0.682. The number of halogens is 1. The molecule has 3 rings (SSSR count). The number of aryl methyl sites for hydroxylation is 1. The van der Waals surface area contributed by atoms with E-state index in [0.717, 1.165) is 21.3 Å². The first-order valence-corrected chi connectivity index (χ1v) is 8.86. The largest absolute Gasteiger partial charge is 0.308 e. The molecule has 0 aliphatic carbocycles. The second-order valence-electron chi connectivity index (χ2n) is 6.53. The second kappa shape index (κ2) is 6.84. The summed E-state index contributed by atoms with van der Waals surface area (Å²) in [7, 11) is 0. The van der Waals surface area contributed by atoms with E-state index >= 15 is 0 Å². The van der Waals surface area contributed by atoms with E-state index in [1.165, 1.54) is 0 Å². The maximum Gasteiger partial charge on any atom is 0.235 e. The highest BCUT2D eigenvalue weighted by Crippen LogP contribution is 2.28. The van der Waals surface area contributed by atoms with Crippen LogP contribution in [0.15, 0.2) is 65.3 Å². The fourth-order valence-corrected chi connectivity index (χ4v) is 2.97. The van der Waals surface area contributed by atoms with Crippen molar-refractivity contribution < 1.29 is 4.79 Å². The molecule has 5 heteroatoms. The lowest BCUT2D eigenvalue weighted by Crippen LogP contribution is -2.35. The molecule has 0 aliphatic heterocycles. The Morgan fingerprint density at radius 3 is 2.52 bits per heavy atom. The van der Waals surface area contributed by atoms with Crippen molar-refractivity contribution in [2.24, 2.45) is 0 Å². The molecule has 3 aromatic rings. The van der Waals surface area contributed by atoms with Crippen LogP contribution in [0.3, 0.4) is 0 Å². The highest BCUT2D eigenvalue weighted by atomic mass is 79.9. The van der Waals surface area contributed by atoms with Crippen molar-refractivity contribution in [3.63, 3.8) is 0 Å². The molecule has 128 valence electrons. The number of nitrogens with zero attached hydrogens (tertiary/aromatic N) is 2. The van der Waals surface area contributed by atoms with Crippen LogP contribution in [-0.2, 0) is 10.2 Å². The Morgan fingerprint density at radius 1 is 1.12 bits per heavy atom. The van der Waals surface area contributed by atoms with E-state index in [0.29, 0.717) is 5.82 Å². The minimum Gasteiger partial charge on any atom is -0.308 e. The van der Waals surface area contributed by atoms with Crippen LogP contribution in [0.1, 0.15) is 25.0 Å². The lowest BCUT2D eigenvalue weighted by atomic mass is 9.84. The van der Waals surface area contributed by atoms with Gasteiger partial charge in [0, 0.05) is 16.2 Å². The monoisotopic (exact) mass is 397 g/mol. The summed E-state index contributed by atoms with van der Waals surface area (Å²) >= 11 is 3.46. The van der Waals surface area contributed by atoms with Crippen LogP contribution in [0.4, 0.5) is 5.82 Å². The van der Waals surface area contributed by atoms with Gasteiger partial charge >= 0.3 is 0 Å². The topological polar surface area (TPSA) is 46.9 Å². The third-order valence-electron chi connectivity index (χ3n) is 4.26. The number of para-hydroxylation sites is 1. The van der Waals surface area contributed by atoms with Gasteiger partial charge in [0.1, 0.15) is 0 Å². The van der Waals surface area contributed by atoms with E-state index in [9.17, 15) is 4.79 Å². The molecule has 1 heterocycles. The van der Waals surface area contributed by atoms with E-state index < -0.39 is 5.41 Å². The number of carbonyl (C=O) groups excluding carboxylic acids is 1. The first-order chi connectivity index (χ1) is 11.9. The van der Waals surface area contributed by atoms with Crippen molar-refractivity contribution in [3.8, 4) is 5.69 Å². The maximum absolute atomic E-state index is 12.9. The van der Waals surface area contributed by atoms with Gasteiger partial charge in [-0.05, 0) is 50.6 Å². The first kappa shape index (κ1) is 17.4. The Balaban J connectivity index is 1.85. The zero-order valence-corrected chi connectivity index (χ0v) is 16.0. The minimum absolute atomic E-state index is 0.0907. The van der Waals surface area contributed by atoms with Gasteiger partial charge in [-0.3, -0.25) is 4.79 Å². The molecule has 1 aromatic heterocycles. The number of hydrogen-bond donors (Lipinski definition) is 1. The van der Waals surface area contributed by atoms with E-state index in [1.807, 2.05) is 81.6 Å². The Morgan fingerprint density at radius 2 is 1.84 bits per heavy atom. The summed E-state index contributed by atoms with van der Waals surface area (Å²) in [5.41, 5.74) is 2.14. The van der Waals surface area contributed by atoms with Crippen LogP contribution in [0.5, 0.6) is 0 Å². The number of rotatable bonds is 4. The first-order valence-electron chi connectivity index (χ1n) is 8.07. The van der Waals surface area contributed by atoms with Crippen molar-refractivity contribution in [1.29, 1.82) is 0 Å². The van der Waals surface area contributed by atoms with Crippen molar-refractivity contribution >= 4 is 27.7 Å². The molecule has 4 nitrogen and oxygen atoms in total. The highest BCUT2D eigenvalue weighted by Gasteiger charge is 2.30. The van der Waals surface area contributed by atoms with Crippen molar-refractivity contribution in [2.45, 2.75) is 26.2 Å². The van der Waals surface area contributed by atoms with Gasteiger partial charge in [0.25, 0.3) is 0 Å². The van der Waals surface area contributed by atoms with E-state index in [2.05, 4.69) is 26.3 Å². The summed E-state index contributed by atoms with van der Waals surface area (Å²) in [6.45, 7) is 5.76. The molecule has 0 saturated carbocycles. The fraction of sp³-hybridized carbons (Fsp3) is 0.200. The molecule has 0 bridgehead atoms. The third-order valence-corrected chi connectivity index (χ3v) is 4.76. The summed E-state index contributed by atoms with van der Waals surface area (Å²) in [6.07, 6.45) is 1.91. The average Bonchev–Trinajstić information content (AvgIpc) is 2.96. The van der Waals surface area contributed by atoms with E-state index in [1.54, 1.807) is 4.68 Å². The molecular weight excluding hydrogens is 378 g/mol. The predicted molar refractivity (Wildman–Crippen MR) is 104 cm³/mol. The number of carbonyl (C=O) groups is 1. The van der Waals surface area contributed by atoms with Crippen molar-refractivity contribution in [3.05, 3.63) is 76.4 Å². The Hall–Kier alpha value is -2.40. The van der Waals surface area contributed by atoms with Gasteiger partial charge in [-0.2, -0.15) is 0 Å². The summed E-state index contributed by atoms with van der Waals surface area (Å²) in [6, 6.07) is 17.6. The Kier molecular flexibility index (Phi) is 4.77. The van der Waals surface area contributed by atoms with Gasteiger partial charge in [-0.15, -0.1) is 5.10 Å². The molecule has 0 fully saturated rings. The predicted octanol–water partition coefficient (Wildman–Crippen LogP) is 4.86. The zero-order chi connectivity index (χ0) is 18.0. The van der Waals surface area contributed by atoms with Gasteiger partial charge in [-0.25, -0.2) is 4.68 Å². The van der Waals surface area contributed by atoms with Gasteiger partial charge in [0.2, 0.25) is 5.91 Å². The molecule has 25 heavy (non-hydrogen) atoms. The summed E-state index contributed by atoms with van der Waals surface area (Å²) in [5, 5.41) is 7.49. The standard InChI is InChI=1S/C20H20BrN3O/c1-14-13-24(17-10-5-4-6-11-17)23-18(14)22-19(25)20(2,3)15-8-7-9-16(21)12-15/h4-13H,1-3H3,(H,22,23,25). The Labute approximate surface area is 156 Å². The van der Waals surface area contributed by atoms with Gasteiger partial charge in [0.05, 0.1) is 11.1 Å². The van der Waals surface area contributed by atoms with Gasteiger partial charge in [0.15, 0.2) is 5.82 Å². The molecule has 0 radical (unpaired) electrons. The summed E-state index contributed by atoms with van der Waals surface area (Å²) < 4.78 is 2.73. The number of aromatic nitrogens is 2. The van der Waals surface area contributed by atoms with Crippen LogP contribution in [0.2, 0.25) is 0 Å². The fourth-order valence-electron chi connectivity index (χ4n) is 2.57. The summed E-state index contributed by atoms with van der Waals surface area (Å²) in [5.74, 6) is 0.490. The molecule has 0 saturated heterocycles. The smallest absolute Gasteiger partial charge is 0.235 e. The second-order valence-corrected chi connectivity index (χ2v) is 7.45. The SMILES string of the molecule is Cc1cn(-c2ccccc2)nc1NC(=O)C(C)(C)c1cccc(Br)c1. The minimum atomic E-state index is -0.674. The molecular formula is C20H20BrN3O. The highest BCUT2D eigenvalue weighted by molar-refractivity contribution is 9.10. The number of anilines is 1. The van der Waals surface area contributed by atoms with Crippen LogP contribution in [0, 0.1) is 6.92 Å². The third kappa shape index (κ3) is 3.66.